The molecule has 0 amide bonds. The van der Waals surface area contributed by atoms with Gasteiger partial charge in [0.1, 0.15) is 6.54 Å². The van der Waals surface area contributed by atoms with Crippen molar-refractivity contribution in [3.63, 3.8) is 0 Å². The molecule has 0 aliphatic carbocycles. The number of benzene rings is 1. The van der Waals surface area contributed by atoms with Gasteiger partial charge in [-0.25, -0.2) is 0 Å². The summed E-state index contributed by atoms with van der Waals surface area (Å²) in [4.78, 5) is 12.0. The Bertz CT molecular complexity index is 1030. The van der Waals surface area contributed by atoms with Crippen molar-refractivity contribution in [2.45, 2.75) is 58.8 Å². The number of aliphatic carboxylic acids is 1. The van der Waals surface area contributed by atoms with Gasteiger partial charge in [-0.05, 0) is 51.8 Å². The number of fused-ring (bicyclic) bond motifs is 3. The molecule has 0 unspecified atom stereocenters. The Morgan fingerprint density at radius 2 is 1.79 bits per heavy atom. The van der Waals surface area contributed by atoms with Crippen LogP contribution in [0.2, 0.25) is 0 Å². The fourth-order valence-electron chi connectivity index (χ4n) is 3.72. The summed E-state index contributed by atoms with van der Waals surface area (Å²) < 4.78 is 29.2. The van der Waals surface area contributed by atoms with Crippen molar-refractivity contribution >= 4 is 49.4 Å². The number of carboxylic acids is 1. The maximum atomic E-state index is 10.7. The highest BCUT2D eigenvalue weighted by molar-refractivity contribution is 7.59. The van der Waals surface area contributed by atoms with Crippen LogP contribution in [0, 0.1) is 6.92 Å². The second kappa shape index (κ2) is 8.96. The van der Waals surface area contributed by atoms with Crippen molar-refractivity contribution in [3.05, 3.63) is 28.6 Å². The minimum absolute atomic E-state index is 0.0560. The molecule has 2 aromatic rings. The summed E-state index contributed by atoms with van der Waals surface area (Å²) in [5, 5.41) is 10.1. The molecule has 3 rings (SSSR count). The zero-order valence-corrected chi connectivity index (χ0v) is 18.2. The Labute approximate surface area is 170 Å². The lowest BCUT2D eigenvalue weighted by Gasteiger charge is -2.14. The monoisotopic (exact) mass is 424 g/mol. The molecule has 0 saturated carbocycles. The van der Waals surface area contributed by atoms with Crippen LogP contribution in [0.1, 0.15) is 56.9 Å². The van der Waals surface area contributed by atoms with E-state index in [0.29, 0.717) is 0 Å². The second-order valence-corrected chi connectivity index (χ2v) is 9.20. The number of hydrogen-bond donors (Lipinski definition) is 1. The van der Waals surface area contributed by atoms with Crippen LogP contribution in [-0.2, 0) is 20.8 Å². The molecule has 0 bridgehead atoms. The molecular formula is C20H26NO5S2+. The molecule has 0 spiro atoms. The van der Waals surface area contributed by atoms with Gasteiger partial charge in [-0.3, -0.25) is 4.79 Å². The predicted molar refractivity (Wildman–Crippen MR) is 111 cm³/mol. The average molecular weight is 425 g/mol. The van der Waals surface area contributed by atoms with E-state index in [9.17, 15) is 4.79 Å². The molecule has 1 N–H and O–H groups in total. The van der Waals surface area contributed by atoms with Crippen LogP contribution in [0.3, 0.4) is 0 Å². The molecule has 1 aromatic heterocycles. The van der Waals surface area contributed by atoms with Crippen LogP contribution in [0.15, 0.2) is 18.2 Å². The smallest absolute Gasteiger partial charge is 0.425 e. The highest BCUT2D eigenvalue weighted by Gasteiger charge is 2.43. The van der Waals surface area contributed by atoms with E-state index < -0.39 is 16.6 Å². The van der Waals surface area contributed by atoms with Gasteiger partial charge in [0.2, 0.25) is 5.69 Å². The normalized spacial score (nSPS) is 14.6. The van der Waals surface area contributed by atoms with Gasteiger partial charge in [0.15, 0.2) is 5.71 Å². The molecule has 0 radical (unpaired) electrons. The van der Waals surface area contributed by atoms with E-state index in [1.54, 1.807) is 0 Å². The van der Waals surface area contributed by atoms with Gasteiger partial charge < -0.3 is 5.11 Å². The highest BCUT2D eigenvalue weighted by Crippen LogP contribution is 2.45. The fourth-order valence-corrected chi connectivity index (χ4v) is 4.65. The topological polar surface area (TPSA) is 91.5 Å². The highest BCUT2D eigenvalue weighted by atomic mass is 32.2. The van der Waals surface area contributed by atoms with E-state index >= 15 is 0 Å². The Morgan fingerprint density at radius 3 is 2.39 bits per heavy atom. The minimum atomic E-state index is -3.11. The van der Waals surface area contributed by atoms with Crippen LogP contribution >= 0.6 is 11.3 Å². The van der Waals surface area contributed by atoms with E-state index in [1.807, 2.05) is 11.3 Å². The van der Waals surface area contributed by atoms with Crippen LogP contribution in [0.5, 0.6) is 0 Å². The van der Waals surface area contributed by atoms with Gasteiger partial charge in [-0.15, -0.1) is 24.0 Å². The molecular weight excluding hydrogens is 398 g/mol. The number of unbranched alkanes of at least 4 members (excludes halogenated alkanes) is 2. The van der Waals surface area contributed by atoms with E-state index in [2.05, 4.69) is 50.5 Å². The standard InChI is InChI=1S/C20H25NO2S.O3S/c1-13-12-15-17(24-13)10-9-16-19(15)21(14(2)20(16,3)4)11-7-5-6-8-18(22)23;1-4(2)3/h9-10,12H,5-8,11H2,1-4H3;/p+1. The molecule has 28 heavy (non-hydrogen) atoms. The minimum Gasteiger partial charge on any atom is -0.481 e. The summed E-state index contributed by atoms with van der Waals surface area (Å²) in [7, 11) is -3.11. The summed E-state index contributed by atoms with van der Waals surface area (Å²) >= 11 is 1.86. The number of carbonyl (C=O) groups is 1. The number of nitrogens with zero attached hydrogens (tertiary/aromatic N) is 1. The third-order valence-electron chi connectivity index (χ3n) is 5.32. The van der Waals surface area contributed by atoms with Crippen molar-refractivity contribution in [1.29, 1.82) is 0 Å². The van der Waals surface area contributed by atoms with Gasteiger partial charge in [0.25, 0.3) is 0 Å². The summed E-state index contributed by atoms with van der Waals surface area (Å²) in [5.41, 5.74) is 4.24. The molecule has 0 fully saturated rings. The fraction of sp³-hybridized carbons (Fsp3) is 0.500. The Kier molecular flexibility index (Phi) is 7.11. The quantitative estimate of drug-likeness (QED) is 0.553. The van der Waals surface area contributed by atoms with Gasteiger partial charge in [-0.1, -0.05) is 0 Å². The summed E-state index contributed by atoms with van der Waals surface area (Å²) in [6.07, 6.45) is 3.03. The number of aryl methyl sites for hydroxylation is 1. The lowest BCUT2D eigenvalue weighted by atomic mass is 9.82. The van der Waals surface area contributed by atoms with Crippen LogP contribution in [-0.4, -0.2) is 40.5 Å². The van der Waals surface area contributed by atoms with Crippen LogP contribution in [0.25, 0.3) is 10.1 Å². The molecule has 0 atom stereocenters. The molecule has 1 aromatic carbocycles. The lowest BCUT2D eigenvalue weighted by Crippen LogP contribution is -2.26. The predicted octanol–water partition coefficient (Wildman–Crippen LogP) is 4.25. The number of hydrogen-bond acceptors (Lipinski definition) is 5. The van der Waals surface area contributed by atoms with Gasteiger partial charge in [0, 0.05) is 34.9 Å². The first-order valence-electron chi connectivity index (χ1n) is 9.19. The number of rotatable bonds is 6. The van der Waals surface area contributed by atoms with Gasteiger partial charge in [0.05, 0.1) is 10.8 Å². The zero-order valence-electron chi connectivity index (χ0n) is 16.6. The van der Waals surface area contributed by atoms with Crippen LogP contribution in [0.4, 0.5) is 5.69 Å². The van der Waals surface area contributed by atoms with E-state index in [-0.39, 0.29) is 11.8 Å². The molecule has 1 aliphatic rings. The van der Waals surface area contributed by atoms with Crippen molar-refractivity contribution in [2.24, 2.45) is 0 Å². The largest absolute Gasteiger partial charge is 0.481 e. The number of thiophene rings is 1. The van der Waals surface area contributed by atoms with Crippen molar-refractivity contribution < 1.29 is 27.1 Å². The Balaban J connectivity index is 0.000000640. The first kappa shape index (κ1) is 22.2. The number of carboxylic acid groups (broad SMARTS) is 1. The Morgan fingerprint density at radius 1 is 1.14 bits per heavy atom. The Hall–Kier alpha value is -2.06. The summed E-state index contributed by atoms with van der Waals surface area (Å²) in [6.45, 7) is 9.98. The molecule has 8 heteroatoms. The van der Waals surface area contributed by atoms with Crippen molar-refractivity contribution in [2.75, 3.05) is 6.54 Å². The van der Waals surface area contributed by atoms with E-state index in [1.165, 1.54) is 31.9 Å². The van der Waals surface area contributed by atoms with Gasteiger partial charge >= 0.3 is 16.6 Å². The SMILES string of the molecule is CC1=[N+](CCCCCC(=O)O)c2c(ccc3sc(C)cc23)C1(C)C.O=S(=O)=O. The third-order valence-corrected chi connectivity index (χ3v) is 6.34. The molecule has 0 saturated heterocycles. The first-order valence-corrected chi connectivity index (χ1v) is 11.0. The third kappa shape index (κ3) is 4.86. The molecule has 152 valence electrons. The van der Waals surface area contributed by atoms with Gasteiger partial charge in [-0.2, -0.15) is 4.58 Å². The zero-order chi connectivity index (χ0) is 21.1. The first-order chi connectivity index (χ1) is 13.1. The summed E-state index contributed by atoms with van der Waals surface area (Å²) in [6, 6.07) is 6.86. The van der Waals surface area contributed by atoms with E-state index in [0.717, 1.165) is 25.8 Å². The lowest BCUT2D eigenvalue weighted by molar-refractivity contribution is -0.438. The summed E-state index contributed by atoms with van der Waals surface area (Å²) in [5.74, 6) is -0.694. The molecule has 6 nitrogen and oxygen atoms in total. The van der Waals surface area contributed by atoms with Crippen LogP contribution < -0.4 is 0 Å². The molecule has 1 aliphatic heterocycles. The maximum Gasteiger partial charge on any atom is 0.425 e. The van der Waals surface area contributed by atoms with E-state index in [4.69, 9.17) is 17.7 Å². The van der Waals surface area contributed by atoms with Crippen molar-refractivity contribution in [3.8, 4) is 0 Å². The van der Waals surface area contributed by atoms with Crippen molar-refractivity contribution in [1.82, 2.24) is 0 Å². The molecule has 2 heterocycles. The maximum absolute atomic E-state index is 10.7. The average Bonchev–Trinajstić information content (AvgIpc) is 3.04. The second-order valence-electron chi connectivity index (χ2n) is 7.50.